The summed E-state index contributed by atoms with van der Waals surface area (Å²) in [6, 6.07) is 6.10. The predicted octanol–water partition coefficient (Wildman–Crippen LogP) is 2.75. The van der Waals surface area contributed by atoms with Crippen LogP contribution in [0.25, 0.3) is 0 Å². The zero-order chi connectivity index (χ0) is 11.4. The molecule has 0 saturated heterocycles. The molecule has 1 aromatic rings. The first-order valence-electron chi connectivity index (χ1n) is 5.02. The normalized spacial score (nSPS) is 12.2. The van der Waals surface area contributed by atoms with Crippen LogP contribution in [0, 0.1) is 13.8 Å². The molecule has 0 aliphatic carbocycles. The van der Waals surface area contributed by atoms with Crippen LogP contribution in [0.5, 0.6) is 5.75 Å². The summed E-state index contributed by atoms with van der Waals surface area (Å²) in [5, 5.41) is 0. The lowest BCUT2D eigenvalue weighted by Crippen LogP contribution is -2.21. The maximum Gasteiger partial charge on any atom is 0.125 e. The van der Waals surface area contributed by atoms with Crippen molar-refractivity contribution in [2.24, 2.45) is 5.73 Å². The van der Waals surface area contributed by atoms with Gasteiger partial charge in [-0.05, 0) is 31.9 Å². The van der Waals surface area contributed by atoms with Gasteiger partial charge >= 0.3 is 0 Å². The van der Waals surface area contributed by atoms with E-state index in [4.69, 9.17) is 22.7 Å². The number of ether oxygens (including phenoxy) is 1. The highest BCUT2D eigenvalue weighted by atomic mass is 32.1. The van der Waals surface area contributed by atoms with Crippen LogP contribution >= 0.6 is 12.2 Å². The van der Waals surface area contributed by atoms with Crippen molar-refractivity contribution in [1.29, 1.82) is 0 Å². The van der Waals surface area contributed by atoms with E-state index in [1.54, 1.807) is 0 Å². The van der Waals surface area contributed by atoms with Gasteiger partial charge in [0.2, 0.25) is 0 Å². The summed E-state index contributed by atoms with van der Waals surface area (Å²) in [4.78, 5) is 0.494. The third kappa shape index (κ3) is 3.51. The summed E-state index contributed by atoms with van der Waals surface area (Å²) in [5.74, 6) is 0.946. The minimum Gasteiger partial charge on any atom is -0.490 e. The van der Waals surface area contributed by atoms with Crippen molar-refractivity contribution in [3.8, 4) is 5.75 Å². The Morgan fingerprint density at radius 1 is 1.40 bits per heavy atom. The molecular formula is C12H17NOS. The first-order valence-corrected chi connectivity index (χ1v) is 5.42. The van der Waals surface area contributed by atoms with Gasteiger partial charge in [0, 0.05) is 6.42 Å². The van der Waals surface area contributed by atoms with Crippen LogP contribution in [0.4, 0.5) is 0 Å². The zero-order valence-electron chi connectivity index (χ0n) is 9.41. The van der Waals surface area contributed by atoms with E-state index in [0.29, 0.717) is 11.4 Å². The Kier molecular flexibility index (Phi) is 4.09. The molecule has 0 aliphatic rings. The molecule has 0 saturated carbocycles. The number of thiocarbonyl (C=S) groups is 1. The highest BCUT2D eigenvalue weighted by molar-refractivity contribution is 7.80. The summed E-state index contributed by atoms with van der Waals surface area (Å²) < 4.78 is 5.82. The first-order chi connectivity index (χ1) is 7.00. The highest BCUT2D eigenvalue weighted by Gasteiger charge is 2.09. The predicted molar refractivity (Wildman–Crippen MR) is 67.4 cm³/mol. The number of rotatable bonds is 4. The minimum absolute atomic E-state index is 0.0299. The van der Waals surface area contributed by atoms with Gasteiger partial charge in [-0.3, -0.25) is 0 Å². The van der Waals surface area contributed by atoms with Crippen molar-refractivity contribution in [3.63, 3.8) is 0 Å². The van der Waals surface area contributed by atoms with Crippen molar-refractivity contribution in [2.75, 3.05) is 0 Å². The van der Waals surface area contributed by atoms with Crippen molar-refractivity contribution >= 4 is 17.2 Å². The maximum atomic E-state index is 5.82. The second-order valence-corrected chi connectivity index (χ2v) is 4.34. The summed E-state index contributed by atoms with van der Waals surface area (Å²) in [6.07, 6.45) is 0.644. The second-order valence-electron chi connectivity index (χ2n) is 3.82. The Labute approximate surface area is 96.4 Å². The molecule has 0 spiro atoms. The highest BCUT2D eigenvalue weighted by Crippen LogP contribution is 2.23. The summed E-state index contributed by atoms with van der Waals surface area (Å²) >= 11 is 4.85. The summed E-state index contributed by atoms with van der Waals surface area (Å²) in [5.41, 5.74) is 7.76. The Balaban J connectivity index is 2.76. The fourth-order valence-electron chi connectivity index (χ4n) is 1.51. The Bertz CT molecular complexity index is 342. The molecule has 2 N–H and O–H groups in total. The molecule has 1 rings (SSSR count). The van der Waals surface area contributed by atoms with Crippen LogP contribution in [-0.4, -0.2) is 11.1 Å². The van der Waals surface area contributed by atoms with Crippen LogP contribution in [0.3, 0.4) is 0 Å². The molecule has 15 heavy (non-hydrogen) atoms. The molecule has 3 heteroatoms. The van der Waals surface area contributed by atoms with Crippen molar-refractivity contribution in [1.82, 2.24) is 0 Å². The van der Waals surface area contributed by atoms with Gasteiger partial charge in [-0.25, -0.2) is 0 Å². The van der Waals surface area contributed by atoms with Crippen LogP contribution in [0.1, 0.15) is 24.5 Å². The summed E-state index contributed by atoms with van der Waals surface area (Å²) in [6.45, 7) is 6.05. The fourth-order valence-corrected chi connectivity index (χ4v) is 1.75. The van der Waals surface area contributed by atoms with E-state index in [-0.39, 0.29) is 6.10 Å². The molecule has 0 radical (unpaired) electrons. The van der Waals surface area contributed by atoms with E-state index in [9.17, 15) is 0 Å². The van der Waals surface area contributed by atoms with E-state index >= 15 is 0 Å². The van der Waals surface area contributed by atoms with E-state index in [1.165, 1.54) is 0 Å². The van der Waals surface area contributed by atoms with Crippen LogP contribution in [0.2, 0.25) is 0 Å². The van der Waals surface area contributed by atoms with Gasteiger partial charge in [-0.15, -0.1) is 0 Å². The number of para-hydroxylation sites is 1. The molecule has 1 atom stereocenters. The number of hydrogen-bond acceptors (Lipinski definition) is 2. The Morgan fingerprint density at radius 3 is 2.40 bits per heavy atom. The third-order valence-corrected chi connectivity index (χ3v) is 2.38. The van der Waals surface area contributed by atoms with Crippen LogP contribution < -0.4 is 10.5 Å². The van der Waals surface area contributed by atoms with E-state index in [1.807, 2.05) is 39.0 Å². The summed E-state index contributed by atoms with van der Waals surface area (Å²) in [7, 11) is 0. The van der Waals surface area contributed by atoms with E-state index in [0.717, 1.165) is 16.9 Å². The number of hydrogen-bond donors (Lipinski definition) is 1. The molecule has 0 fully saturated rings. The minimum atomic E-state index is 0.0299. The number of nitrogens with two attached hydrogens (primary N) is 1. The van der Waals surface area contributed by atoms with Gasteiger partial charge in [-0.2, -0.15) is 0 Å². The van der Waals surface area contributed by atoms with Gasteiger partial charge in [-0.1, -0.05) is 30.4 Å². The van der Waals surface area contributed by atoms with E-state index in [2.05, 4.69) is 0 Å². The van der Waals surface area contributed by atoms with Gasteiger partial charge in [0.1, 0.15) is 11.9 Å². The Morgan fingerprint density at radius 2 is 1.93 bits per heavy atom. The van der Waals surface area contributed by atoms with Crippen LogP contribution in [-0.2, 0) is 0 Å². The average Bonchev–Trinajstić information content (AvgIpc) is 2.10. The van der Waals surface area contributed by atoms with Crippen molar-refractivity contribution in [2.45, 2.75) is 33.3 Å². The third-order valence-electron chi connectivity index (χ3n) is 2.22. The number of aryl methyl sites for hydroxylation is 2. The SMILES string of the molecule is Cc1cccc(C)c1OC(C)CC(N)=S. The standard InChI is InChI=1S/C12H17NOS/c1-8-5-4-6-9(2)12(8)14-10(3)7-11(13)15/h4-6,10H,7H2,1-3H3,(H2,13,15). The first kappa shape index (κ1) is 12.0. The molecule has 1 aromatic carbocycles. The molecule has 0 heterocycles. The van der Waals surface area contributed by atoms with Gasteiger partial charge in [0.25, 0.3) is 0 Å². The zero-order valence-corrected chi connectivity index (χ0v) is 10.2. The average molecular weight is 223 g/mol. The maximum absolute atomic E-state index is 5.82. The topological polar surface area (TPSA) is 35.2 Å². The second kappa shape index (κ2) is 5.12. The van der Waals surface area contributed by atoms with Crippen molar-refractivity contribution in [3.05, 3.63) is 29.3 Å². The molecule has 0 amide bonds. The monoisotopic (exact) mass is 223 g/mol. The quantitative estimate of drug-likeness (QED) is 0.797. The molecular weight excluding hydrogens is 206 g/mol. The molecule has 2 nitrogen and oxygen atoms in total. The van der Waals surface area contributed by atoms with Gasteiger partial charge in [0.05, 0.1) is 4.99 Å². The number of benzene rings is 1. The Hall–Kier alpha value is -1.09. The fraction of sp³-hybridized carbons (Fsp3) is 0.417. The van der Waals surface area contributed by atoms with Crippen molar-refractivity contribution < 1.29 is 4.74 Å². The van der Waals surface area contributed by atoms with Crippen LogP contribution in [0.15, 0.2) is 18.2 Å². The molecule has 0 aliphatic heterocycles. The van der Waals surface area contributed by atoms with Gasteiger partial charge < -0.3 is 10.5 Å². The lowest BCUT2D eigenvalue weighted by atomic mass is 10.1. The smallest absolute Gasteiger partial charge is 0.125 e. The largest absolute Gasteiger partial charge is 0.490 e. The molecule has 0 bridgehead atoms. The lowest BCUT2D eigenvalue weighted by Gasteiger charge is -2.17. The molecule has 82 valence electrons. The lowest BCUT2D eigenvalue weighted by molar-refractivity contribution is 0.227. The van der Waals surface area contributed by atoms with E-state index < -0.39 is 0 Å². The van der Waals surface area contributed by atoms with Gasteiger partial charge in [0.15, 0.2) is 0 Å². The molecule has 1 unspecified atom stereocenters. The molecule has 0 aromatic heterocycles.